The molecule has 0 atom stereocenters. The van der Waals surface area contributed by atoms with Gasteiger partial charge in [0.2, 0.25) is 0 Å². The highest BCUT2D eigenvalue weighted by molar-refractivity contribution is 7.15. The predicted molar refractivity (Wildman–Crippen MR) is 122 cm³/mol. The van der Waals surface area contributed by atoms with E-state index in [2.05, 4.69) is 5.32 Å². The van der Waals surface area contributed by atoms with Gasteiger partial charge in [0.15, 0.2) is 6.61 Å². The minimum absolute atomic E-state index is 0.220. The minimum Gasteiger partial charge on any atom is -0.484 e. The van der Waals surface area contributed by atoms with Gasteiger partial charge in [0, 0.05) is 28.5 Å². The van der Waals surface area contributed by atoms with E-state index in [9.17, 15) is 14.4 Å². The first-order chi connectivity index (χ1) is 15.5. The molecule has 0 aliphatic carbocycles. The molecule has 0 aliphatic heterocycles. The minimum atomic E-state index is -0.506. The van der Waals surface area contributed by atoms with Crippen LogP contribution in [0.25, 0.3) is 22.1 Å². The average Bonchev–Trinajstić information content (AvgIpc) is 3.21. The van der Waals surface area contributed by atoms with Crippen LogP contribution in [0.2, 0.25) is 0 Å². The van der Waals surface area contributed by atoms with Crippen molar-refractivity contribution in [3.8, 4) is 16.9 Å². The molecule has 4 aromatic rings. The number of hydrogen-bond acceptors (Lipinski definition) is 7. The molecule has 2 heterocycles. The number of amides is 1. The summed E-state index contributed by atoms with van der Waals surface area (Å²) < 4.78 is 15.9. The number of thiophene rings is 1. The molecule has 0 unspecified atom stereocenters. The van der Waals surface area contributed by atoms with Crippen LogP contribution >= 0.6 is 11.3 Å². The van der Waals surface area contributed by atoms with E-state index < -0.39 is 17.5 Å². The molecule has 0 saturated carbocycles. The van der Waals surface area contributed by atoms with E-state index >= 15 is 0 Å². The largest absolute Gasteiger partial charge is 0.484 e. The molecule has 7 nitrogen and oxygen atoms in total. The van der Waals surface area contributed by atoms with Crippen molar-refractivity contribution in [1.29, 1.82) is 0 Å². The maximum atomic E-state index is 12.6. The van der Waals surface area contributed by atoms with Gasteiger partial charge in [0.25, 0.3) is 5.91 Å². The van der Waals surface area contributed by atoms with Gasteiger partial charge in [-0.05, 0) is 30.7 Å². The Labute approximate surface area is 187 Å². The van der Waals surface area contributed by atoms with Crippen LogP contribution in [0.4, 0.5) is 5.00 Å². The van der Waals surface area contributed by atoms with E-state index in [-0.39, 0.29) is 13.2 Å². The summed E-state index contributed by atoms with van der Waals surface area (Å²) in [5.74, 6) is -0.566. The zero-order chi connectivity index (χ0) is 22.5. The molecule has 2 aromatic heterocycles. The summed E-state index contributed by atoms with van der Waals surface area (Å²) in [6, 6.07) is 17.4. The first kappa shape index (κ1) is 21.3. The molecule has 2 aromatic carbocycles. The lowest BCUT2D eigenvalue weighted by molar-refractivity contribution is -0.118. The molecule has 0 bridgehead atoms. The summed E-state index contributed by atoms with van der Waals surface area (Å²) in [5.41, 5.74) is 1.75. The van der Waals surface area contributed by atoms with Gasteiger partial charge in [-0.3, -0.25) is 4.79 Å². The van der Waals surface area contributed by atoms with E-state index in [0.717, 1.165) is 10.9 Å². The lowest BCUT2D eigenvalue weighted by Crippen LogP contribution is -2.21. The Balaban J connectivity index is 1.51. The number of ether oxygens (including phenoxy) is 2. The highest BCUT2D eigenvalue weighted by Gasteiger charge is 2.22. The van der Waals surface area contributed by atoms with Crippen LogP contribution < -0.4 is 15.7 Å². The van der Waals surface area contributed by atoms with Crippen LogP contribution in [0.3, 0.4) is 0 Å². The molecule has 0 spiro atoms. The Hall–Kier alpha value is -3.91. The Bertz CT molecular complexity index is 1330. The topological polar surface area (TPSA) is 94.8 Å². The standard InChI is InChI=1S/C24H19NO6S/c1-2-29-24(28)22-18(15-6-4-3-5-7-15)14-32-23(22)25-20(26)13-30-17-10-8-16-9-11-21(27)31-19(16)12-17/h3-12,14H,2,13H2,1H3,(H,25,26). The van der Waals surface area contributed by atoms with Crippen molar-refractivity contribution in [3.63, 3.8) is 0 Å². The first-order valence-corrected chi connectivity index (χ1v) is 10.7. The Kier molecular flexibility index (Phi) is 6.32. The Morgan fingerprint density at radius 1 is 1.06 bits per heavy atom. The normalized spacial score (nSPS) is 10.7. The summed E-state index contributed by atoms with van der Waals surface area (Å²) in [7, 11) is 0. The fourth-order valence-corrected chi connectivity index (χ4v) is 4.10. The maximum absolute atomic E-state index is 12.6. The third kappa shape index (κ3) is 4.70. The number of anilines is 1. The van der Waals surface area contributed by atoms with Crippen molar-refractivity contribution in [1.82, 2.24) is 0 Å². The highest BCUT2D eigenvalue weighted by atomic mass is 32.1. The average molecular weight is 449 g/mol. The van der Waals surface area contributed by atoms with E-state index in [1.54, 1.807) is 31.2 Å². The van der Waals surface area contributed by atoms with E-state index in [4.69, 9.17) is 13.9 Å². The second-order valence-electron chi connectivity index (χ2n) is 6.73. The van der Waals surface area contributed by atoms with Crippen molar-refractivity contribution >= 4 is 39.2 Å². The molecular weight excluding hydrogens is 430 g/mol. The van der Waals surface area contributed by atoms with Gasteiger partial charge < -0.3 is 19.2 Å². The number of esters is 1. The van der Waals surface area contributed by atoms with Gasteiger partial charge in [0.1, 0.15) is 21.9 Å². The first-order valence-electron chi connectivity index (χ1n) is 9.85. The molecule has 0 radical (unpaired) electrons. The summed E-state index contributed by atoms with van der Waals surface area (Å²) in [6.45, 7) is 1.66. The van der Waals surface area contributed by atoms with Crippen molar-refractivity contribution in [2.45, 2.75) is 6.92 Å². The van der Waals surface area contributed by atoms with Crippen molar-refractivity contribution in [3.05, 3.63) is 82.0 Å². The second-order valence-corrected chi connectivity index (χ2v) is 7.61. The zero-order valence-electron chi connectivity index (χ0n) is 17.1. The number of fused-ring (bicyclic) bond motifs is 1. The van der Waals surface area contributed by atoms with Crippen molar-refractivity contribution in [2.75, 3.05) is 18.5 Å². The van der Waals surface area contributed by atoms with Crippen LogP contribution in [-0.4, -0.2) is 25.1 Å². The summed E-state index contributed by atoms with van der Waals surface area (Å²) in [4.78, 5) is 36.5. The third-order valence-corrected chi connectivity index (χ3v) is 5.47. The highest BCUT2D eigenvalue weighted by Crippen LogP contribution is 2.36. The molecule has 1 N–H and O–H groups in total. The summed E-state index contributed by atoms with van der Waals surface area (Å²) >= 11 is 1.24. The lowest BCUT2D eigenvalue weighted by atomic mass is 10.0. The Morgan fingerprint density at radius 3 is 2.62 bits per heavy atom. The molecule has 4 rings (SSSR count). The zero-order valence-corrected chi connectivity index (χ0v) is 17.9. The fraction of sp³-hybridized carbons (Fsp3) is 0.125. The molecule has 0 saturated heterocycles. The van der Waals surface area contributed by atoms with Gasteiger partial charge in [0.05, 0.1) is 6.61 Å². The smallest absolute Gasteiger partial charge is 0.341 e. The number of carbonyl (C=O) groups excluding carboxylic acids is 2. The van der Waals surface area contributed by atoms with Crippen LogP contribution in [0.1, 0.15) is 17.3 Å². The second kappa shape index (κ2) is 9.49. The molecule has 8 heteroatoms. The van der Waals surface area contributed by atoms with E-state index in [1.807, 2.05) is 35.7 Å². The summed E-state index contributed by atoms with van der Waals surface area (Å²) in [6.07, 6.45) is 0. The van der Waals surface area contributed by atoms with Crippen LogP contribution in [0, 0.1) is 0 Å². The molecule has 0 fully saturated rings. The van der Waals surface area contributed by atoms with E-state index in [1.165, 1.54) is 17.4 Å². The number of hydrogen-bond donors (Lipinski definition) is 1. The van der Waals surface area contributed by atoms with Gasteiger partial charge in [-0.25, -0.2) is 9.59 Å². The van der Waals surface area contributed by atoms with Crippen molar-refractivity contribution in [2.24, 2.45) is 0 Å². The monoisotopic (exact) mass is 449 g/mol. The van der Waals surface area contributed by atoms with E-state index in [0.29, 0.717) is 27.5 Å². The molecular formula is C24H19NO6S. The fourth-order valence-electron chi connectivity index (χ4n) is 3.13. The number of carbonyl (C=O) groups is 2. The van der Waals surface area contributed by atoms with Gasteiger partial charge in [-0.2, -0.15) is 0 Å². The third-order valence-electron chi connectivity index (χ3n) is 4.57. The SMILES string of the molecule is CCOC(=O)c1c(-c2ccccc2)csc1NC(=O)COc1ccc2ccc(=O)oc2c1. The number of benzene rings is 2. The predicted octanol–water partition coefficient (Wildman–Crippen LogP) is 4.72. The molecule has 0 aliphatic rings. The quantitative estimate of drug-likeness (QED) is 0.324. The summed E-state index contributed by atoms with van der Waals surface area (Å²) in [5, 5.41) is 5.68. The molecule has 32 heavy (non-hydrogen) atoms. The van der Waals surface area contributed by atoms with Crippen molar-refractivity contribution < 1.29 is 23.5 Å². The van der Waals surface area contributed by atoms with Gasteiger partial charge >= 0.3 is 11.6 Å². The number of nitrogens with one attached hydrogen (secondary N) is 1. The van der Waals surface area contributed by atoms with Crippen LogP contribution in [-0.2, 0) is 9.53 Å². The Morgan fingerprint density at radius 2 is 1.84 bits per heavy atom. The molecule has 162 valence electrons. The number of rotatable bonds is 7. The van der Waals surface area contributed by atoms with Gasteiger partial charge in [-0.1, -0.05) is 30.3 Å². The maximum Gasteiger partial charge on any atom is 0.341 e. The van der Waals surface area contributed by atoms with Crippen LogP contribution in [0.5, 0.6) is 5.75 Å². The molecule has 1 amide bonds. The lowest BCUT2D eigenvalue weighted by Gasteiger charge is -2.10. The van der Waals surface area contributed by atoms with Gasteiger partial charge in [-0.15, -0.1) is 11.3 Å². The van der Waals surface area contributed by atoms with Crippen LogP contribution in [0.15, 0.2) is 75.3 Å².